The fourth-order valence-electron chi connectivity index (χ4n) is 2.79. The van der Waals surface area contributed by atoms with E-state index in [0.29, 0.717) is 0 Å². The molecule has 0 amide bonds. The summed E-state index contributed by atoms with van der Waals surface area (Å²) in [5.74, 6) is 0.0949. The lowest BCUT2D eigenvalue weighted by molar-refractivity contribution is 0.117. The molecule has 1 N–H and O–H groups in total. The van der Waals surface area contributed by atoms with E-state index in [0.717, 1.165) is 31.3 Å². The van der Waals surface area contributed by atoms with E-state index in [-0.39, 0.29) is 17.4 Å². The number of aliphatic hydroxyl groups is 1. The van der Waals surface area contributed by atoms with E-state index in [1.54, 1.807) is 0 Å². The minimum absolute atomic E-state index is 0.0214. The van der Waals surface area contributed by atoms with Crippen LogP contribution in [0.25, 0.3) is 0 Å². The maximum Gasteiger partial charge on any atom is 0.0755 e. The van der Waals surface area contributed by atoms with Crippen LogP contribution in [0.2, 0.25) is 0 Å². The van der Waals surface area contributed by atoms with Crippen LogP contribution in [-0.2, 0) is 0 Å². The van der Waals surface area contributed by atoms with Gasteiger partial charge in [-0.2, -0.15) is 5.26 Å². The maximum atomic E-state index is 9.78. The molecule has 0 radical (unpaired) electrons. The first-order valence-electron chi connectivity index (χ1n) is 4.96. The highest BCUT2D eigenvalue weighted by atomic mass is 16.3. The van der Waals surface area contributed by atoms with Crippen molar-refractivity contribution >= 4 is 0 Å². The summed E-state index contributed by atoms with van der Waals surface area (Å²) >= 11 is 0. The normalized spacial score (nSPS) is 43.6. The first kappa shape index (κ1) is 8.77. The van der Waals surface area contributed by atoms with Crippen molar-refractivity contribution in [3.05, 3.63) is 11.6 Å². The fraction of sp³-hybridized carbons (Fsp3) is 0.727. The summed E-state index contributed by atoms with van der Waals surface area (Å²) in [6.07, 6.45) is 5.62. The summed E-state index contributed by atoms with van der Waals surface area (Å²) in [5, 5.41) is 18.8. The Morgan fingerprint density at radius 3 is 3.15 bits per heavy atom. The molecule has 2 unspecified atom stereocenters. The fourth-order valence-corrected chi connectivity index (χ4v) is 2.79. The highest BCUT2D eigenvalue weighted by molar-refractivity contribution is 5.30. The first-order chi connectivity index (χ1) is 6.18. The Kier molecular flexibility index (Phi) is 1.92. The Hall–Kier alpha value is -0.810. The number of nitrogens with zero attached hydrogens (tertiary/aromatic N) is 1. The molecule has 70 valence electrons. The molecule has 2 rings (SSSR count). The van der Waals surface area contributed by atoms with Crippen LogP contribution in [0.3, 0.4) is 0 Å². The summed E-state index contributed by atoms with van der Waals surface area (Å²) in [5.41, 5.74) is 1.11. The molecule has 0 heterocycles. The van der Waals surface area contributed by atoms with Crippen LogP contribution >= 0.6 is 0 Å². The third-order valence-corrected chi connectivity index (χ3v) is 3.69. The Morgan fingerprint density at radius 2 is 2.46 bits per heavy atom. The van der Waals surface area contributed by atoms with Gasteiger partial charge in [-0.3, -0.25) is 0 Å². The monoisotopic (exact) mass is 177 g/mol. The van der Waals surface area contributed by atoms with E-state index in [2.05, 4.69) is 19.1 Å². The van der Waals surface area contributed by atoms with E-state index in [1.807, 2.05) is 0 Å². The molecule has 2 aliphatic rings. The van der Waals surface area contributed by atoms with Gasteiger partial charge in [-0.25, -0.2) is 0 Å². The van der Waals surface area contributed by atoms with Crippen molar-refractivity contribution in [3.63, 3.8) is 0 Å². The third-order valence-electron chi connectivity index (χ3n) is 3.69. The molecule has 0 aliphatic heterocycles. The zero-order valence-electron chi connectivity index (χ0n) is 7.95. The molecular weight excluding hydrogens is 162 g/mol. The number of fused-ring (bicyclic) bond motifs is 1. The lowest BCUT2D eigenvalue weighted by atomic mass is 9.67. The van der Waals surface area contributed by atoms with Crippen molar-refractivity contribution in [2.75, 3.05) is 0 Å². The lowest BCUT2D eigenvalue weighted by Crippen LogP contribution is -2.34. The van der Waals surface area contributed by atoms with Gasteiger partial charge in [0, 0.05) is 5.41 Å². The Balaban J connectivity index is 2.32. The van der Waals surface area contributed by atoms with Crippen molar-refractivity contribution in [1.82, 2.24) is 0 Å². The van der Waals surface area contributed by atoms with E-state index in [4.69, 9.17) is 5.26 Å². The van der Waals surface area contributed by atoms with Gasteiger partial charge in [0.15, 0.2) is 0 Å². The molecule has 1 saturated carbocycles. The van der Waals surface area contributed by atoms with Crippen molar-refractivity contribution in [2.24, 2.45) is 11.3 Å². The molecule has 0 spiro atoms. The number of hydrogen-bond donors (Lipinski definition) is 1. The summed E-state index contributed by atoms with van der Waals surface area (Å²) in [6, 6.07) is 2.36. The molecule has 0 aromatic rings. The molecule has 1 fully saturated rings. The number of rotatable bonds is 0. The molecule has 0 aromatic carbocycles. The van der Waals surface area contributed by atoms with Crippen molar-refractivity contribution in [1.29, 1.82) is 5.26 Å². The van der Waals surface area contributed by atoms with Gasteiger partial charge in [0.2, 0.25) is 0 Å². The molecule has 0 bridgehead atoms. The van der Waals surface area contributed by atoms with Gasteiger partial charge < -0.3 is 5.11 Å². The molecule has 0 aromatic heterocycles. The smallest absolute Gasteiger partial charge is 0.0755 e. The number of hydrogen-bond acceptors (Lipinski definition) is 2. The van der Waals surface area contributed by atoms with Crippen LogP contribution in [0.4, 0.5) is 0 Å². The van der Waals surface area contributed by atoms with Crippen LogP contribution in [0.5, 0.6) is 0 Å². The second kappa shape index (κ2) is 2.85. The van der Waals surface area contributed by atoms with Crippen molar-refractivity contribution in [2.45, 2.75) is 38.7 Å². The minimum atomic E-state index is -0.280. The topological polar surface area (TPSA) is 44.0 Å². The molecule has 0 saturated heterocycles. The van der Waals surface area contributed by atoms with Crippen molar-refractivity contribution in [3.8, 4) is 6.07 Å². The second-order valence-corrected chi connectivity index (χ2v) is 4.40. The lowest BCUT2D eigenvalue weighted by Gasteiger charge is -2.38. The predicted octanol–water partition coefficient (Wildman–Crippen LogP) is 2.01. The highest BCUT2D eigenvalue weighted by Crippen LogP contribution is 2.51. The largest absolute Gasteiger partial charge is 0.389 e. The zero-order chi connectivity index (χ0) is 9.47. The van der Waals surface area contributed by atoms with E-state index < -0.39 is 0 Å². The molecule has 2 heteroatoms. The SMILES string of the molecule is CC12CCC[C@@H](O)C1=CCC2C#N. The zero-order valence-corrected chi connectivity index (χ0v) is 7.95. The third kappa shape index (κ3) is 1.11. The summed E-state index contributed by atoms with van der Waals surface area (Å²) in [6.45, 7) is 2.13. The van der Waals surface area contributed by atoms with E-state index in [9.17, 15) is 5.11 Å². The second-order valence-electron chi connectivity index (χ2n) is 4.40. The number of allylic oxidation sites excluding steroid dienone is 1. The highest BCUT2D eigenvalue weighted by Gasteiger charge is 2.45. The summed E-state index contributed by atoms with van der Waals surface area (Å²) < 4.78 is 0. The Morgan fingerprint density at radius 1 is 1.69 bits per heavy atom. The standard InChI is InChI=1S/C11H15NO/c1-11-6-2-3-10(13)9(11)5-4-8(11)7-12/h5,8,10,13H,2-4,6H2,1H3/t8?,10-,11?/m1/s1. The summed E-state index contributed by atoms with van der Waals surface area (Å²) in [7, 11) is 0. The van der Waals surface area contributed by atoms with Gasteiger partial charge in [-0.1, -0.05) is 13.0 Å². The number of nitriles is 1. The quantitative estimate of drug-likeness (QED) is 0.575. The van der Waals surface area contributed by atoms with Crippen LogP contribution in [0.1, 0.15) is 32.6 Å². The molecule has 3 atom stereocenters. The van der Waals surface area contributed by atoms with Gasteiger partial charge >= 0.3 is 0 Å². The summed E-state index contributed by atoms with van der Waals surface area (Å²) in [4.78, 5) is 0. The van der Waals surface area contributed by atoms with E-state index in [1.165, 1.54) is 0 Å². The molecule has 13 heavy (non-hydrogen) atoms. The van der Waals surface area contributed by atoms with Crippen LogP contribution in [-0.4, -0.2) is 11.2 Å². The van der Waals surface area contributed by atoms with Gasteiger partial charge in [-0.05, 0) is 31.3 Å². The van der Waals surface area contributed by atoms with Crippen LogP contribution in [0.15, 0.2) is 11.6 Å². The Labute approximate surface area is 78.9 Å². The first-order valence-corrected chi connectivity index (χ1v) is 4.96. The van der Waals surface area contributed by atoms with Crippen LogP contribution < -0.4 is 0 Å². The van der Waals surface area contributed by atoms with Gasteiger partial charge in [0.05, 0.1) is 18.1 Å². The van der Waals surface area contributed by atoms with Gasteiger partial charge in [0.25, 0.3) is 0 Å². The average molecular weight is 177 g/mol. The van der Waals surface area contributed by atoms with Crippen LogP contribution in [0, 0.1) is 22.7 Å². The maximum absolute atomic E-state index is 9.78. The van der Waals surface area contributed by atoms with Gasteiger partial charge in [0.1, 0.15) is 0 Å². The molecule has 2 nitrogen and oxygen atoms in total. The minimum Gasteiger partial charge on any atom is -0.389 e. The average Bonchev–Trinajstić information content (AvgIpc) is 2.43. The van der Waals surface area contributed by atoms with Crippen molar-refractivity contribution < 1.29 is 5.11 Å². The Bertz CT molecular complexity index is 289. The molecular formula is C11H15NO. The van der Waals surface area contributed by atoms with Gasteiger partial charge in [-0.15, -0.1) is 0 Å². The molecule has 2 aliphatic carbocycles. The number of aliphatic hydroxyl groups excluding tert-OH is 1. The predicted molar refractivity (Wildman–Crippen MR) is 49.8 cm³/mol. The van der Waals surface area contributed by atoms with E-state index >= 15 is 0 Å².